The van der Waals surface area contributed by atoms with Crippen LogP contribution in [0.25, 0.3) is 0 Å². The second-order valence-corrected chi connectivity index (χ2v) is 5.98. The third-order valence-corrected chi connectivity index (χ3v) is 4.17. The van der Waals surface area contributed by atoms with Gasteiger partial charge in [-0.05, 0) is 52.0 Å². The van der Waals surface area contributed by atoms with Gasteiger partial charge in [-0.3, -0.25) is 4.79 Å². The van der Waals surface area contributed by atoms with Gasteiger partial charge in [0.15, 0.2) is 0 Å². The van der Waals surface area contributed by atoms with Gasteiger partial charge in [-0.15, -0.1) is 24.8 Å². The Morgan fingerprint density at radius 1 is 1.30 bits per heavy atom. The van der Waals surface area contributed by atoms with E-state index >= 15 is 0 Å². The molecule has 0 radical (unpaired) electrons. The summed E-state index contributed by atoms with van der Waals surface area (Å²) in [6.07, 6.45) is 0. The summed E-state index contributed by atoms with van der Waals surface area (Å²) < 4.78 is 0. The molecule has 0 aliphatic carbocycles. The van der Waals surface area contributed by atoms with Crippen molar-refractivity contribution in [3.05, 3.63) is 29.8 Å². The molecule has 1 atom stereocenters. The molecule has 132 valence electrons. The number of rotatable bonds is 4. The molecule has 0 saturated carbocycles. The van der Waals surface area contributed by atoms with E-state index in [4.69, 9.17) is 0 Å². The molecule has 1 N–H and O–H groups in total. The third kappa shape index (κ3) is 5.27. The topological polar surface area (TPSA) is 35.6 Å². The average molecular weight is 362 g/mol. The van der Waals surface area contributed by atoms with Gasteiger partial charge in [-0.1, -0.05) is 0 Å². The van der Waals surface area contributed by atoms with Gasteiger partial charge in [-0.2, -0.15) is 0 Å². The molecule has 1 aliphatic heterocycles. The minimum absolute atomic E-state index is 0. The van der Waals surface area contributed by atoms with Crippen LogP contribution in [-0.4, -0.2) is 49.1 Å². The van der Waals surface area contributed by atoms with E-state index in [1.165, 1.54) is 5.69 Å². The number of amides is 1. The first kappa shape index (κ1) is 22.0. The minimum atomic E-state index is 0. The van der Waals surface area contributed by atoms with Crippen LogP contribution in [0.2, 0.25) is 0 Å². The van der Waals surface area contributed by atoms with Gasteiger partial charge >= 0.3 is 0 Å². The highest BCUT2D eigenvalue weighted by Gasteiger charge is 2.24. The first-order chi connectivity index (χ1) is 10.0. The second kappa shape index (κ2) is 10.0. The normalized spacial score (nSPS) is 17.3. The van der Waals surface area contributed by atoms with Crippen molar-refractivity contribution in [2.24, 2.45) is 0 Å². The molecule has 2 rings (SSSR count). The molecule has 0 spiro atoms. The van der Waals surface area contributed by atoms with Crippen LogP contribution in [0.15, 0.2) is 24.3 Å². The van der Waals surface area contributed by atoms with Crippen molar-refractivity contribution < 1.29 is 4.79 Å². The van der Waals surface area contributed by atoms with E-state index in [1.54, 1.807) is 0 Å². The number of benzene rings is 1. The number of halogens is 2. The summed E-state index contributed by atoms with van der Waals surface area (Å²) >= 11 is 0. The lowest BCUT2D eigenvalue weighted by molar-refractivity contribution is 0.0656. The van der Waals surface area contributed by atoms with Crippen LogP contribution in [0.3, 0.4) is 0 Å². The number of piperazine rings is 1. The van der Waals surface area contributed by atoms with Crippen molar-refractivity contribution >= 4 is 36.4 Å². The Balaban J connectivity index is 0.00000242. The molecule has 0 bridgehead atoms. The molecule has 0 aromatic heterocycles. The zero-order valence-electron chi connectivity index (χ0n) is 14.4. The van der Waals surface area contributed by atoms with E-state index in [-0.39, 0.29) is 36.8 Å². The lowest BCUT2D eigenvalue weighted by Gasteiger charge is -2.34. The standard InChI is InChI=1S/C17H27N3O.2ClH/c1-5-19(13(2)3)16-8-6-15(7-9-16)17(21)20-11-10-18-12-14(20)4;;/h6-9,13-14,18H,5,10-12H2,1-4H3;2*1H/t14-;;/m0../s1. The molecule has 6 heteroatoms. The van der Waals surface area contributed by atoms with Crippen molar-refractivity contribution in [2.45, 2.75) is 39.8 Å². The smallest absolute Gasteiger partial charge is 0.254 e. The average Bonchev–Trinajstić information content (AvgIpc) is 2.48. The summed E-state index contributed by atoms with van der Waals surface area (Å²) in [5, 5.41) is 3.31. The van der Waals surface area contributed by atoms with Crippen LogP contribution in [0.4, 0.5) is 5.69 Å². The zero-order valence-corrected chi connectivity index (χ0v) is 16.0. The third-order valence-electron chi connectivity index (χ3n) is 4.17. The predicted octanol–water partition coefficient (Wildman–Crippen LogP) is 3.20. The van der Waals surface area contributed by atoms with Gasteiger partial charge in [0, 0.05) is 49.5 Å². The summed E-state index contributed by atoms with van der Waals surface area (Å²) in [7, 11) is 0. The molecule has 1 saturated heterocycles. The van der Waals surface area contributed by atoms with E-state index in [0.717, 1.165) is 31.7 Å². The zero-order chi connectivity index (χ0) is 15.4. The molecule has 1 aromatic rings. The molecule has 1 aromatic carbocycles. The Hall–Kier alpha value is -0.970. The molecule has 23 heavy (non-hydrogen) atoms. The number of carbonyl (C=O) groups is 1. The fourth-order valence-corrected chi connectivity index (χ4v) is 2.95. The number of nitrogens with one attached hydrogen (secondary N) is 1. The van der Waals surface area contributed by atoms with Gasteiger partial charge in [0.05, 0.1) is 0 Å². The van der Waals surface area contributed by atoms with Gasteiger partial charge < -0.3 is 15.1 Å². The monoisotopic (exact) mass is 361 g/mol. The van der Waals surface area contributed by atoms with Crippen LogP contribution in [-0.2, 0) is 0 Å². The quantitative estimate of drug-likeness (QED) is 0.894. The predicted molar refractivity (Wildman–Crippen MR) is 102 cm³/mol. The minimum Gasteiger partial charge on any atom is -0.369 e. The maximum atomic E-state index is 12.6. The Kier molecular flexibility index (Phi) is 9.59. The highest BCUT2D eigenvalue weighted by Crippen LogP contribution is 2.19. The summed E-state index contributed by atoms with van der Waals surface area (Å²) in [5.74, 6) is 0.142. The maximum Gasteiger partial charge on any atom is 0.254 e. The number of hydrogen-bond acceptors (Lipinski definition) is 3. The van der Waals surface area contributed by atoms with Crippen molar-refractivity contribution in [3.63, 3.8) is 0 Å². The molecule has 0 unspecified atom stereocenters. The van der Waals surface area contributed by atoms with E-state index in [0.29, 0.717) is 6.04 Å². The highest BCUT2D eigenvalue weighted by atomic mass is 35.5. The second-order valence-electron chi connectivity index (χ2n) is 5.98. The Bertz CT molecular complexity index is 479. The Morgan fingerprint density at radius 2 is 1.91 bits per heavy atom. The lowest BCUT2D eigenvalue weighted by Crippen LogP contribution is -2.52. The fraction of sp³-hybridized carbons (Fsp3) is 0.588. The van der Waals surface area contributed by atoms with Crippen LogP contribution in [0.5, 0.6) is 0 Å². The Labute approximate surface area is 152 Å². The largest absolute Gasteiger partial charge is 0.369 e. The molecule has 4 nitrogen and oxygen atoms in total. The fourth-order valence-electron chi connectivity index (χ4n) is 2.95. The number of anilines is 1. The molecule has 1 fully saturated rings. The number of carbonyl (C=O) groups excluding carboxylic acids is 1. The maximum absolute atomic E-state index is 12.6. The molecule has 1 amide bonds. The van der Waals surface area contributed by atoms with Crippen LogP contribution >= 0.6 is 24.8 Å². The molecule has 1 heterocycles. The van der Waals surface area contributed by atoms with Gasteiger partial charge in [0.25, 0.3) is 5.91 Å². The van der Waals surface area contributed by atoms with E-state index in [9.17, 15) is 4.79 Å². The van der Waals surface area contributed by atoms with Crippen LogP contribution < -0.4 is 10.2 Å². The van der Waals surface area contributed by atoms with Gasteiger partial charge in [0.2, 0.25) is 0 Å². The van der Waals surface area contributed by atoms with Crippen LogP contribution in [0, 0.1) is 0 Å². The lowest BCUT2D eigenvalue weighted by atomic mass is 10.1. The SMILES string of the molecule is CCN(c1ccc(C(=O)N2CCNC[C@@H]2C)cc1)C(C)C.Cl.Cl. The summed E-state index contributed by atoms with van der Waals surface area (Å²) in [4.78, 5) is 16.9. The first-order valence-electron chi connectivity index (χ1n) is 7.93. The highest BCUT2D eigenvalue weighted by molar-refractivity contribution is 5.94. The van der Waals surface area contributed by atoms with Crippen molar-refractivity contribution in [1.29, 1.82) is 0 Å². The van der Waals surface area contributed by atoms with Gasteiger partial charge in [-0.25, -0.2) is 0 Å². The van der Waals surface area contributed by atoms with E-state index in [1.807, 2.05) is 17.0 Å². The summed E-state index contributed by atoms with van der Waals surface area (Å²) in [6, 6.07) is 8.75. The van der Waals surface area contributed by atoms with Crippen molar-refractivity contribution in [2.75, 3.05) is 31.1 Å². The van der Waals surface area contributed by atoms with Crippen molar-refractivity contribution in [3.8, 4) is 0 Å². The number of nitrogens with zero attached hydrogens (tertiary/aromatic N) is 2. The van der Waals surface area contributed by atoms with Crippen LogP contribution in [0.1, 0.15) is 38.1 Å². The van der Waals surface area contributed by atoms with Gasteiger partial charge in [0.1, 0.15) is 0 Å². The first-order valence-corrected chi connectivity index (χ1v) is 7.93. The molecule has 1 aliphatic rings. The Morgan fingerprint density at radius 3 is 2.39 bits per heavy atom. The number of hydrogen-bond donors (Lipinski definition) is 1. The van der Waals surface area contributed by atoms with Crippen molar-refractivity contribution in [1.82, 2.24) is 10.2 Å². The summed E-state index contributed by atoms with van der Waals surface area (Å²) in [6.45, 7) is 12.1. The van der Waals surface area contributed by atoms with E-state index in [2.05, 4.69) is 50.0 Å². The molecular weight excluding hydrogens is 333 g/mol. The molecular formula is C17H29Cl2N3O. The summed E-state index contributed by atoms with van der Waals surface area (Å²) in [5.41, 5.74) is 1.96. The van der Waals surface area contributed by atoms with E-state index < -0.39 is 0 Å².